The van der Waals surface area contributed by atoms with Gasteiger partial charge in [0.15, 0.2) is 6.61 Å². The van der Waals surface area contributed by atoms with Gasteiger partial charge in [-0.25, -0.2) is 0 Å². The van der Waals surface area contributed by atoms with Crippen LogP contribution < -0.4 is 10.5 Å². The van der Waals surface area contributed by atoms with E-state index in [0.29, 0.717) is 18.4 Å². The quantitative estimate of drug-likeness (QED) is 0.905. The van der Waals surface area contributed by atoms with Crippen molar-refractivity contribution in [3.63, 3.8) is 0 Å². The lowest BCUT2D eigenvalue weighted by Crippen LogP contribution is -2.33. The van der Waals surface area contributed by atoms with E-state index in [4.69, 9.17) is 10.5 Å². The van der Waals surface area contributed by atoms with Crippen molar-refractivity contribution in [2.45, 2.75) is 33.1 Å². The smallest absolute Gasteiger partial charge is 0.260 e. The van der Waals surface area contributed by atoms with Gasteiger partial charge in [0.2, 0.25) is 0 Å². The van der Waals surface area contributed by atoms with E-state index in [1.54, 1.807) is 0 Å². The van der Waals surface area contributed by atoms with Crippen molar-refractivity contribution in [3.05, 3.63) is 29.3 Å². The van der Waals surface area contributed by atoms with Crippen LogP contribution in [0.4, 0.5) is 0 Å². The van der Waals surface area contributed by atoms with Crippen LogP contribution in [0.5, 0.6) is 5.75 Å². The third-order valence-electron chi connectivity index (χ3n) is 4.11. The Morgan fingerprint density at radius 2 is 2.24 bits per heavy atom. The molecule has 2 N–H and O–H groups in total. The zero-order chi connectivity index (χ0) is 15.4. The van der Waals surface area contributed by atoms with Crippen LogP contribution in [0.3, 0.4) is 0 Å². The molecule has 1 aromatic carbocycles. The number of benzene rings is 1. The number of likely N-dealkylation sites (tertiary alicyclic amines) is 1. The summed E-state index contributed by atoms with van der Waals surface area (Å²) < 4.78 is 5.80. The van der Waals surface area contributed by atoms with Gasteiger partial charge in [0, 0.05) is 13.1 Å². The van der Waals surface area contributed by atoms with E-state index >= 15 is 0 Å². The number of carbonyl (C=O) groups excluding carboxylic acids is 1. The number of hydrogen-bond acceptors (Lipinski definition) is 3. The molecule has 21 heavy (non-hydrogen) atoms. The van der Waals surface area contributed by atoms with Crippen molar-refractivity contribution in [1.82, 2.24) is 4.90 Å². The van der Waals surface area contributed by atoms with Gasteiger partial charge in [-0.15, -0.1) is 0 Å². The van der Waals surface area contributed by atoms with Crippen LogP contribution in [0.15, 0.2) is 18.2 Å². The van der Waals surface area contributed by atoms with Crippen LogP contribution in [-0.2, 0) is 4.79 Å². The number of aryl methyl sites for hydroxylation is 1. The molecule has 4 nitrogen and oxygen atoms in total. The van der Waals surface area contributed by atoms with Crippen molar-refractivity contribution in [3.8, 4) is 5.75 Å². The number of ether oxygens (including phenoxy) is 1. The number of rotatable bonds is 5. The van der Waals surface area contributed by atoms with Gasteiger partial charge >= 0.3 is 0 Å². The van der Waals surface area contributed by atoms with Gasteiger partial charge < -0.3 is 15.4 Å². The summed E-state index contributed by atoms with van der Waals surface area (Å²) >= 11 is 0. The van der Waals surface area contributed by atoms with Crippen LogP contribution >= 0.6 is 0 Å². The molecule has 0 radical (unpaired) electrons. The number of nitrogens with two attached hydrogens (primary N) is 1. The summed E-state index contributed by atoms with van der Waals surface area (Å²) in [7, 11) is 0. The molecule has 1 aliphatic rings. The summed E-state index contributed by atoms with van der Waals surface area (Å²) in [5.41, 5.74) is 7.95. The maximum atomic E-state index is 12.2. The average Bonchev–Trinajstić information content (AvgIpc) is 2.93. The molecule has 1 amide bonds. The number of carbonyl (C=O) groups is 1. The van der Waals surface area contributed by atoms with Crippen LogP contribution in [0, 0.1) is 12.8 Å². The third kappa shape index (κ3) is 3.97. The molecule has 1 saturated heterocycles. The molecule has 0 unspecified atom stereocenters. The van der Waals surface area contributed by atoms with E-state index < -0.39 is 0 Å². The van der Waals surface area contributed by atoms with Crippen molar-refractivity contribution in [2.75, 3.05) is 26.2 Å². The standard InChI is InChI=1S/C17H26N2O2/c1-12(2)15-5-4-13(3)8-16(15)21-11-17(20)19-7-6-14(9-18)10-19/h4-5,8,12,14H,6-7,9-11,18H2,1-3H3/t14-/m0/s1. The molecule has 0 saturated carbocycles. The molecule has 0 aromatic heterocycles. The van der Waals surface area contributed by atoms with Crippen LogP contribution in [-0.4, -0.2) is 37.0 Å². The third-order valence-corrected chi connectivity index (χ3v) is 4.11. The Labute approximate surface area is 127 Å². The summed E-state index contributed by atoms with van der Waals surface area (Å²) in [6.45, 7) is 8.63. The SMILES string of the molecule is Cc1ccc(C(C)C)c(OCC(=O)N2CC[C@@H](CN)C2)c1. The van der Waals surface area contributed by atoms with E-state index in [1.165, 1.54) is 0 Å². The second-order valence-corrected chi connectivity index (χ2v) is 6.21. The molecule has 1 heterocycles. The summed E-state index contributed by atoms with van der Waals surface area (Å²) in [4.78, 5) is 14.1. The molecular weight excluding hydrogens is 264 g/mol. The van der Waals surface area contributed by atoms with Crippen LogP contribution in [0.1, 0.15) is 37.3 Å². The summed E-state index contributed by atoms with van der Waals surface area (Å²) in [6.07, 6.45) is 1.00. The summed E-state index contributed by atoms with van der Waals surface area (Å²) in [5.74, 6) is 1.71. The van der Waals surface area contributed by atoms with Crippen molar-refractivity contribution >= 4 is 5.91 Å². The molecule has 116 valence electrons. The van der Waals surface area contributed by atoms with Gasteiger partial charge in [-0.05, 0) is 48.9 Å². The normalized spacial score (nSPS) is 18.3. The number of amides is 1. The van der Waals surface area contributed by atoms with Crippen LogP contribution in [0.2, 0.25) is 0 Å². The Hall–Kier alpha value is -1.55. The fourth-order valence-electron chi connectivity index (χ4n) is 2.73. The average molecular weight is 290 g/mol. The monoisotopic (exact) mass is 290 g/mol. The van der Waals surface area contributed by atoms with Gasteiger partial charge in [-0.3, -0.25) is 4.79 Å². The minimum absolute atomic E-state index is 0.0576. The minimum atomic E-state index is 0.0576. The predicted molar refractivity (Wildman–Crippen MR) is 84.5 cm³/mol. The molecule has 4 heteroatoms. The summed E-state index contributed by atoms with van der Waals surface area (Å²) in [5, 5.41) is 0. The zero-order valence-electron chi connectivity index (χ0n) is 13.3. The molecule has 2 rings (SSSR count). The van der Waals surface area contributed by atoms with E-state index in [-0.39, 0.29) is 12.5 Å². The summed E-state index contributed by atoms with van der Waals surface area (Å²) in [6, 6.07) is 6.17. The van der Waals surface area contributed by atoms with E-state index in [9.17, 15) is 4.79 Å². The predicted octanol–water partition coefficient (Wildman–Crippen LogP) is 2.30. The molecule has 1 atom stereocenters. The first kappa shape index (κ1) is 15.8. The Kier molecular flexibility index (Phi) is 5.23. The molecule has 0 spiro atoms. The molecular formula is C17H26N2O2. The highest BCUT2D eigenvalue weighted by atomic mass is 16.5. The fourth-order valence-corrected chi connectivity index (χ4v) is 2.73. The molecule has 1 aliphatic heterocycles. The lowest BCUT2D eigenvalue weighted by molar-refractivity contribution is -0.132. The maximum Gasteiger partial charge on any atom is 0.260 e. The first-order valence-corrected chi connectivity index (χ1v) is 7.72. The van der Waals surface area contributed by atoms with Gasteiger partial charge in [0.25, 0.3) is 5.91 Å². The lowest BCUT2D eigenvalue weighted by Gasteiger charge is -2.19. The van der Waals surface area contributed by atoms with Gasteiger partial charge in [0.05, 0.1) is 0 Å². The minimum Gasteiger partial charge on any atom is -0.483 e. The Morgan fingerprint density at radius 1 is 1.48 bits per heavy atom. The van der Waals surface area contributed by atoms with E-state index in [1.807, 2.05) is 17.9 Å². The Balaban J connectivity index is 1.97. The van der Waals surface area contributed by atoms with Gasteiger partial charge in [-0.1, -0.05) is 26.0 Å². The van der Waals surface area contributed by atoms with Crippen LogP contribution in [0.25, 0.3) is 0 Å². The second kappa shape index (κ2) is 6.94. The Morgan fingerprint density at radius 3 is 2.86 bits per heavy atom. The second-order valence-electron chi connectivity index (χ2n) is 6.21. The molecule has 1 aromatic rings. The van der Waals surface area contributed by atoms with Gasteiger partial charge in [-0.2, -0.15) is 0 Å². The highest BCUT2D eigenvalue weighted by Gasteiger charge is 2.25. The van der Waals surface area contributed by atoms with Crippen molar-refractivity contribution < 1.29 is 9.53 Å². The first-order valence-electron chi connectivity index (χ1n) is 7.72. The molecule has 0 bridgehead atoms. The fraction of sp³-hybridized carbons (Fsp3) is 0.588. The number of hydrogen-bond donors (Lipinski definition) is 1. The van der Waals surface area contributed by atoms with Gasteiger partial charge in [0.1, 0.15) is 5.75 Å². The zero-order valence-corrected chi connectivity index (χ0v) is 13.3. The highest BCUT2D eigenvalue weighted by molar-refractivity contribution is 5.78. The largest absolute Gasteiger partial charge is 0.483 e. The van der Waals surface area contributed by atoms with E-state index in [2.05, 4.69) is 26.0 Å². The molecule has 0 aliphatic carbocycles. The first-order chi connectivity index (χ1) is 10.0. The lowest BCUT2D eigenvalue weighted by atomic mass is 10.0. The topological polar surface area (TPSA) is 55.6 Å². The van der Waals surface area contributed by atoms with E-state index in [0.717, 1.165) is 36.4 Å². The van der Waals surface area contributed by atoms with Crippen molar-refractivity contribution in [2.24, 2.45) is 11.7 Å². The number of nitrogens with zero attached hydrogens (tertiary/aromatic N) is 1. The maximum absolute atomic E-state index is 12.2. The molecule has 1 fully saturated rings. The Bertz CT molecular complexity index is 500. The highest BCUT2D eigenvalue weighted by Crippen LogP contribution is 2.27. The van der Waals surface area contributed by atoms with Crippen molar-refractivity contribution in [1.29, 1.82) is 0 Å².